The Morgan fingerprint density at radius 2 is 2.22 bits per heavy atom. The number of anilines is 2. The van der Waals surface area contributed by atoms with E-state index >= 15 is 0 Å². The molecule has 27 heavy (non-hydrogen) atoms. The first kappa shape index (κ1) is 17.6. The van der Waals surface area contributed by atoms with Crippen molar-refractivity contribution in [2.24, 2.45) is 7.05 Å². The van der Waals surface area contributed by atoms with Gasteiger partial charge in [0.05, 0.1) is 36.3 Å². The topological polar surface area (TPSA) is 99.7 Å². The van der Waals surface area contributed by atoms with E-state index in [2.05, 4.69) is 47.3 Å². The summed E-state index contributed by atoms with van der Waals surface area (Å²) in [5, 5.41) is 17.1. The lowest BCUT2D eigenvalue weighted by molar-refractivity contribution is 0.102. The molecule has 0 radical (unpaired) electrons. The lowest BCUT2D eigenvalue weighted by Crippen LogP contribution is -2.30. The van der Waals surface area contributed by atoms with E-state index in [9.17, 15) is 10.1 Å². The minimum atomic E-state index is -0.270. The molecule has 1 aliphatic rings. The fraction of sp³-hybridized carbons (Fsp3) is 0.235. The third-order valence-electron chi connectivity index (χ3n) is 4.29. The summed E-state index contributed by atoms with van der Waals surface area (Å²) in [5.74, 6) is 0.519. The number of aromatic nitrogens is 4. The van der Waals surface area contributed by atoms with Crippen LogP contribution in [0.3, 0.4) is 0 Å². The molecule has 1 amide bonds. The molecule has 0 bridgehead atoms. The van der Waals surface area contributed by atoms with Gasteiger partial charge in [-0.25, -0.2) is 9.97 Å². The highest BCUT2D eigenvalue weighted by Crippen LogP contribution is 2.37. The summed E-state index contributed by atoms with van der Waals surface area (Å²) in [5.41, 5.74) is 2.01. The molecule has 1 aliphatic heterocycles. The van der Waals surface area contributed by atoms with Crippen LogP contribution in [0.1, 0.15) is 26.4 Å². The molecule has 3 aromatic rings. The standard InChI is InChI=1S/C17H14BrN7OS/c1-24-8-10(5-22-24)16(26)23-17-12(4-19)11-2-3-25(9-13(11)27-17)15-7-20-14(18)6-21-15/h5-8H,2-3,9H2,1H3,(H,23,26). The highest BCUT2D eigenvalue weighted by atomic mass is 79.9. The summed E-state index contributed by atoms with van der Waals surface area (Å²) >= 11 is 4.73. The van der Waals surface area contributed by atoms with Crippen molar-refractivity contribution in [3.63, 3.8) is 0 Å². The van der Waals surface area contributed by atoms with Crippen molar-refractivity contribution in [2.75, 3.05) is 16.8 Å². The molecule has 3 aromatic heterocycles. The normalized spacial score (nSPS) is 13.1. The van der Waals surface area contributed by atoms with Crippen LogP contribution in [-0.4, -0.2) is 32.2 Å². The molecule has 10 heteroatoms. The first-order chi connectivity index (χ1) is 13.0. The van der Waals surface area contributed by atoms with Crippen LogP contribution < -0.4 is 10.2 Å². The number of halogens is 1. The van der Waals surface area contributed by atoms with Gasteiger partial charge in [-0.15, -0.1) is 11.3 Å². The number of nitrogens with zero attached hydrogens (tertiary/aromatic N) is 6. The second-order valence-electron chi connectivity index (χ2n) is 6.05. The van der Waals surface area contributed by atoms with E-state index in [-0.39, 0.29) is 5.91 Å². The lowest BCUT2D eigenvalue weighted by atomic mass is 10.0. The quantitative estimate of drug-likeness (QED) is 0.667. The van der Waals surface area contributed by atoms with E-state index in [1.807, 2.05) is 0 Å². The van der Waals surface area contributed by atoms with Gasteiger partial charge in [0.15, 0.2) is 0 Å². The monoisotopic (exact) mass is 443 g/mol. The fourth-order valence-electron chi connectivity index (χ4n) is 2.99. The molecule has 0 saturated heterocycles. The summed E-state index contributed by atoms with van der Waals surface area (Å²) in [6.45, 7) is 1.37. The van der Waals surface area contributed by atoms with Crippen LogP contribution in [0.25, 0.3) is 0 Å². The molecular weight excluding hydrogens is 430 g/mol. The molecule has 0 spiro atoms. The molecule has 0 aliphatic carbocycles. The Labute approximate surface area is 167 Å². The van der Waals surface area contributed by atoms with Crippen molar-refractivity contribution in [1.29, 1.82) is 5.26 Å². The van der Waals surface area contributed by atoms with Crippen molar-refractivity contribution in [3.05, 3.63) is 51.0 Å². The van der Waals surface area contributed by atoms with Gasteiger partial charge in [-0.1, -0.05) is 0 Å². The van der Waals surface area contributed by atoms with Gasteiger partial charge in [0.1, 0.15) is 21.5 Å². The van der Waals surface area contributed by atoms with Crippen LogP contribution in [0, 0.1) is 11.3 Å². The number of rotatable bonds is 3. The molecule has 0 atom stereocenters. The first-order valence-corrected chi connectivity index (χ1v) is 9.73. The van der Waals surface area contributed by atoms with Crippen LogP contribution in [0.15, 0.2) is 29.4 Å². The highest BCUT2D eigenvalue weighted by Gasteiger charge is 2.26. The minimum Gasteiger partial charge on any atom is -0.350 e. The predicted molar refractivity (Wildman–Crippen MR) is 105 cm³/mol. The number of carbonyl (C=O) groups excluding carboxylic acids is 1. The number of amides is 1. The maximum absolute atomic E-state index is 12.4. The number of hydrogen-bond acceptors (Lipinski definition) is 7. The van der Waals surface area contributed by atoms with Gasteiger partial charge < -0.3 is 10.2 Å². The van der Waals surface area contributed by atoms with Gasteiger partial charge >= 0.3 is 0 Å². The first-order valence-electron chi connectivity index (χ1n) is 8.12. The molecule has 0 aromatic carbocycles. The molecule has 4 rings (SSSR count). The van der Waals surface area contributed by atoms with Crippen LogP contribution >= 0.6 is 27.3 Å². The Morgan fingerprint density at radius 3 is 2.89 bits per heavy atom. The zero-order valence-corrected chi connectivity index (χ0v) is 16.7. The van der Waals surface area contributed by atoms with Crippen molar-refractivity contribution >= 4 is 44.0 Å². The van der Waals surface area contributed by atoms with E-state index in [0.29, 0.717) is 27.3 Å². The Kier molecular flexibility index (Phi) is 4.63. The summed E-state index contributed by atoms with van der Waals surface area (Å²) < 4.78 is 2.25. The van der Waals surface area contributed by atoms with Crippen LogP contribution in [0.2, 0.25) is 0 Å². The second kappa shape index (κ2) is 7.09. The molecule has 1 N–H and O–H groups in total. The van der Waals surface area contributed by atoms with Gasteiger partial charge in [-0.2, -0.15) is 10.4 Å². The van der Waals surface area contributed by atoms with Gasteiger partial charge in [-0.05, 0) is 27.9 Å². The molecule has 8 nitrogen and oxygen atoms in total. The van der Waals surface area contributed by atoms with E-state index in [4.69, 9.17) is 0 Å². The van der Waals surface area contributed by atoms with Crippen molar-refractivity contribution in [3.8, 4) is 6.07 Å². The van der Waals surface area contributed by atoms with Gasteiger partial charge in [-0.3, -0.25) is 9.48 Å². The maximum atomic E-state index is 12.4. The third kappa shape index (κ3) is 3.43. The van der Waals surface area contributed by atoms with Crippen LogP contribution in [-0.2, 0) is 20.0 Å². The molecule has 0 unspecified atom stereocenters. The number of hydrogen-bond donors (Lipinski definition) is 1. The van der Waals surface area contributed by atoms with Crippen molar-refractivity contribution in [2.45, 2.75) is 13.0 Å². The summed E-state index contributed by atoms with van der Waals surface area (Å²) in [7, 11) is 1.75. The SMILES string of the molecule is Cn1cc(C(=O)Nc2sc3c(c2C#N)CCN(c2cnc(Br)cn2)C3)cn1. The van der Waals surface area contributed by atoms with E-state index in [0.717, 1.165) is 29.2 Å². The summed E-state index contributed by atoms with van der Waals surface area (Å²) in [6.07, 6.45) is 7.25. The maximum Gasteiger partial charge on any atom is 0.259 e. The number of carbonyl (C=O) groups is 1. The number of aryl methyl sites for hydroxylation is 1. The number of thiophene rings is 1. The summed E-state index contributed by atoms with van der Waals surface area (Å²) in [4.78, 5) is 24.2. The van der Waals surface area contributed by atoms with Crippen molar-refractivity contribution < 1.29 is 4.79 Å². The van der Waals surface area contributed by atoms with Crippen LogP contribution in [0.5, 0.6) is 0 Å². The number of nitrogens with one attached hydrogen (secondary N) is 1. The Bertz CT molecular complexity index is 1050. The van der Waals surface area contributed by atoms with E-state index < -0.39 is 0 Å². The van der Waals surface area contributed by atoms with E-state index in [1.54, 1.807) is 30.3 Å². The van der Waals surface area contributed by atoms with Crippen molar-refractivity contribution in [1.82, 2.24) is 19.7 Å². The fourth-order valence-corrected chi connectivity index (χ4v) is 4.40. The van der Waals surface area contributed by atoms with Crippen LogP contribution in [0.4, 0.5) is 10.8 Å². The lowest BCUT2D eigenvalue weighted by Gasteiger charge is -2.27. The average molecular weight is 444 g/mol. The smallest absolute Gasteiger partial charge is 0.259 e. The van der Waals surface area contributed by atoms with Gasteiger partial charge in [0.2, 0.25) is 0 Å². The third-order valence-corrected chi connectivity index (χ3v) is 5.84. The zero-order chi connectivity index (χ0) is 19.0. The Hall–Kier alpha value is -2.77. The molecule has 4 heterocycles. The molecule has 136 valence electrons. The predicted octanol–water partition coefficient (Wildman–Crippen LogP) is 2.72. The van der Waals surface area contributed by atoms with Gasteiger partial charge in [0.25, 0.3) is 5.91 Å². The Balaban J connectivity index is 1.59. The van der Waals surface area contributed by atoms with E-state index in [1.165, 1.54) is 17.5 Å². The van der Waals surface area contributed by atoms with Gasteiger partial charge in [0, 0.05) is 24.7 Å². The molecular formula is C17H14BrN7OS. The zero-order valence-electron chi connectivity index (χ0n) is 14.3. The number of fused-ring (bicyclic) bond motifs is 1. The molecule has 0 saturated carbocycles. The highest BCUT2D eigenvalue weighted by molar-refractivity contribution is 9.10. The minimum absolute atomic E-state index is 0.270. The second-order valence-corrected chi connectivity index (χ2v) is 7.96. The largest absolute Gasteiger partial charge is 0.350 e. The number of nitriles is 1. The Morgan fingerprint density at radius 1 is 1.37 bits per heavy atom. The summed E-state index contributed by atoms with van der Waals surface area (Å²) in [6, 6.07) is 2.25. The molecule has 0 fully saturated rings. The average Bonchev–Trinajstić information content (AvgIpc) is 3.24.